The maximum Gasteiger partial charge on any atom is 0.317 e. The lowest BCUT2D eigenvalue weighted by molar-refractivity contribution is 0.0352. The zero-order valence-corrected chi connectivity index (χ0v) is 19.7. The van der Waals surface area contributed by atoms with Crippen LogP contribution in [-0.2, 0) is 0 Å². The number of nitrogens with zero attached hydrogens (tertiary/aromatic N) is 4. The molecule has 3 heterocycles. The van der Waals surface area contributed by atoms with Crippen molar-refractivity contribution in [2.24, 2.45) is 5.92 Å². The highest BCUT2D eigenvalue weighted by Crippen LogP contribution is 2.30. The number of urea groups is 1. The number of ether oxygens (including phenoxy) is 1. The van der Waals surface area contributed by atoms with Gasteiger partial charge in [-0.25, -0.2) is 9.78 Å². The lowest BCUT2D eigenvalue weighted by atomic mass is 9.99. The number of amides is 3. The van der Waals surface area contributed by atoms with Gasteiger partial charge >= 0.3 is 6.03 Å². The molecule has 3 amide bonds. The Kier molecular flexibility index (Phi) is 8.21. The molecule has 2 aromatic heterocycles. The first kappa shape index (κ1) is 24.4. The second kappa shape index (κ2) is 11.1. The van der Waals surface area contributed by atoms with Crippen molar-refractivity contribution in [1.29, 1.82) is 0 Å². The van der Waals surface area contributed by atoms with E-state index in [-0.39, 0.29) is 42.5 Å². The van der Waals surface area contributed by atoms with Crippen LogP contribution in [0.2, 0.25) is 0 Å². The van der Waals surface area contributed by atoms with Crippen molar-refractivity contribution in [2.45, 2.75) is 39.3 Å². The summed E-state index contributed by atoms with van der Waals surface area (Å²) in [4.78, 5) is 37.6. The zero-order valence-electron chi connectivity index (χ0n) is 19.7. The number of rotatable bonds is 7. The molecule has 1 aliphatic heterocycles. The molecule has 0 unspecified atom stereocenters. The molecule has 0 aliphatic carbocycles. The van der Waals surface area contributed by atoms with Gasteiger partial charge in [-0.15, -0.1) is 0 Å². The van der Waals surface area contributed by atoms with Crippen molar-refractivity contribution < 1.29 is 19.4 Å². The molecule has 0 aromatic carbocycles. The van der Waals surface area contributed by atoms with E-state index in [1.54, 1.807) is 41.5 Å². The van der Waals surface area contributed by atoms with Gasteiger partial charge in [0.15, 0.2) is 0 Å². The highest BCUT2D eigenvalue weighted by Gasteiger charge is 2.34. The van der Waals surface area contributed by atoms with Crippen LogP contribution >= 0.6 is 0 Å². The van der Waals surface area contributed by atoms with E-state index in [1.807, 2.05) is 32.9 Å². The molecule has 2 N–H and O–H groups in total. The van der Waals surface area contributed by atoms with Gasteiger partial charge in [0.05, 0.1) is 19.2 Å². The van der Waals surface area contributed by atoms with Gasteiger partial charge in [0.25, 0.3) is 5.91 Å². The lowest BCUT2D eigenvalue weighted by Crippen LogP contribution is -2.51. The summed E-state index contributed by atoms with van der Waals surface area (Å²) in [5.74, 6) is -0.111. The molecule has 178 valence electrons. The minimum Gasteiger partial charge on any atom is -0.472 e. The average Bonchev–Trinajstić information content (AvgIpc) is 2.84. The van der Waals surface area contributed by atoms with Gasteiger partial charge in [0.1, 0.15) is 11.7 Å². The molecule has 0 fully saturated rings. The molecule has 2 aromatic rings. The summed E-state index contributed by atoms with van der Waals surface area (Å²) in [5, 5.41) is 12.7. The molecule has 3 atom stereocenters. The van der Waals surface area contributed by atoms with Crippen LogP contribution in [0.4, 0.5) is 4.79 Å². The number of likely N-dealkylation sites (N-methyl/N-ethyl adjacent to an activating group) is 1. The summed E-state index contributed by atoms with van der Waals surface area (Å²) >= 11 is 0. The minimum absolute atomic E-state index is 0.0980. The second-order valence-electron chi connectivity index (χ2n) is 8.55. The fourth-order valence-electron chi connectivity index (χ4n) is 3.74. The maximum absolute atomic E-state index is 13.5. The molecular formula is C24H33N5O4. The third kappa shape index (κ3) is 5.78. The first-order valence-electron chi connectivity index (χ1n) is 11.3. The minimum atomic E-state index is -0.387. The number of hydrogen-bond donors (Lipinski definition) is 2. The molecule has 1 aliphatic rings. The van der Waals surface area contributed by atoms with Gasteiger partial charge in [-0.3, -0.25) is 9.78 Å². The summed E-state index contributed by atoms with van der Waals surface area (Å²) in [6.45, 7) is 6.94. The fourth-order valence-corrected chi connectivity index (χ4v) is 3.74. The molecule has 0 bridgehead atoms. The van der Waals surface area contributed by atoms with Crippen LogP contribution in [0.25, 0.3) is 11.1 Å². The van der Waals surface area contributed by atoms with E-state index >= 15 is 0 Å². The quantitative estimate of drug-likeness (QED) is 0.664. The van der Waals surface area contributed by atoms with Crippen LogP contribution in [0, 0.1) is 5.92 Å². The number of aliphatic hydroxyl groups excluding tert-OH is 1. The summed E-state index contributed by atoms with van der Waals surface area (Å²) in [5.41, 5.74) is 1.99. The van der Waals surface area contributed by atoms with Crippen molar-refractivity contribution in [2.75, 3.05) is 33.3 Å². The number of nitrogens with one attached hydrogen (secondary N) is 1. The van der Waals surface area contributed by atoms with Gasteiger partial charge in [-0.2, -0.15) is 0 Å². The van der Waals surface area contributed by atoms with Crippen molar-refractivity contribution in [3.05, 3.63) is 42.4 Å². The van der Waals surface area contributed by atoms with Crippen LogP contribution in [-0.4, -0.2) is 82.2 Å². The summed E-state index contributed by atoms with van der Waals surface area (Å²) < 4.78 is 6.24. The van der Waals surface area contributed by atoms with Gasteiger partial charge < -0.3 is 25.0 Å². The van der Waals surface area contributed by atoms with Crippen molar-refractivity contribution in [3.63, 3.8) is 0 Å². The van der Waals surface area contributed by atoms with Gasteiger partial charge in [-0.1, -0.05) is 13.8 Å². The third-order valence-electron chi connectivity index (χ3n) is 5.86. The number of aliphatic hydroxyl groups is 1. The molecule has 9 nitrogen and oxygen atoms in total. The first-order chi connectivity index (χ1) is 15.8. The number of carbonyl (C=O) groups excluding carboxylic acids is 2. The van der Waals surface area contributed by atoms with Crippen LogP contribution in [0.3, 0.4) is 0 Å². The van der Waals surface area contributed by atoms with E-state index in [1.165, 1.54) is 0 Å². The van der Waals surface area contributed by atoms with Crippen molar-refractivity contribution >= 4 is 11.9 Å². The van der Waals surface area contributed by atoms with E-state index in [0.29, 0.717) is 25.2 Å². The predicted octanol–water partition coefficient (Wildman–Crippen LogP) is 2.42. The summed E-state index contributed by atoms with van der Waals surface area (Å²) in [6.07, 6.45) is 5.50. The SMILES string of the molecule is CCCNC(=O)N(C)C[C@@H]1Oc2ncc(-c3ccncc3)cc2C(=O)N([C@H](C)CO)C[C@@H]1C. The van der Waals surface area contributed by atoms with Crippen LogP contribution < -0.4 is 10.1 Å². The molecule has 33 heavy (non-hydrogen) atoms. The monoisotopic (exact) mass is 455 g/mol. The summed E-state index contributed by atoms with van der Waals surface area (Å²) in [6, 6.07) is 4.91. The molecule has 0 spiro atoms. The number of hydrogen-bond acceptors (Lipinski definition) is 6. The van der Waals surface area contributed by atoms with E-state index in [9.17, 15) is 14.7 Å². The standard InChI is InChI=1S/C24H33N5O4/c1-5-8-26-24(32)28(4)14-21-16(2)13-29(17(3)15-30)23(31)20-11-19(12-27-22(20)33-21)18-6-9-25-10-7-18/h6-7,9-12,16-17,21,30H,5,8,13-15H2,1-4H3,(H,26,32)/t16-,17+,21-/m0/s1. The molecule has 9 heteroatoms. The highest BCUT2D eigenvalue weighted by atomic mass is 16.5. The molecule has 0 radical (unpaired) electrons. The summed E-state index contributed by atoms with van der Waals surface area (Å²) in [7, 11) is 1.72. The third-order valence-corrected chi connectivity index (χ3v) is 5.86. The lowest BCUT2D eigenvalue weighted by Gasteiger charge is -2.37. The average molecular weight is 456 g/mol. The van der Waals surface area contributed by atoms with E-state index in [0.717, 1.165) is 17.5 Å². The Morgan fingerprint density at radius 2 is 2.09 bits per heavy atom. The fraction of sp³-hybridized carbons (Fsp3) is 0.500. The van der Waals surface area contributed by atoms with E-state index in [4.69, 9.17) is 4.74 Å². The Morgan fingerprint density at radius 3 is 2.76 bits per heavy atom. The number of pyridine rings is 2. The van der Waals surface area contributed by atoms with Crippen molar-refractivity contribution in [1.82, 2.24) is 25.1 Å². The number of carbonyl (C=O) groups is 2. The second-order valence-corrected chi connectivity index (χ2v) is 8.55. The predicted molar refractivity (Wildman–Crippen MR) is 125 cm³/mol. The molecule has 3 rings (SSSR count). The molecule has 0 saturated carbocycles. The maximum atomic E-state index is 13.5. The Labute approximate surface area is 194 Å². The first-order valence-corrected chi connectivity index (χ1v) is 11.3. The van der Waals surface area contributed by atoms with Crippen molar-refractivity contribution in [3.8, 4) is 17.0 Å². The van der Waals surface area contributed by atoms with E-state index in [2.05, 4.69) is 15.3 Å². The Balaban J connectivity index is 1.96. The van der Waals surface area contributed by atoms with Gasteiger partial charge in [-0.05, 0) is 37.1 Å². The molecule has 0 saturated heterocycles. The number of aromatic nitrogens is 2. The smallest absolute Gasteiger partial charge is 0.317 e. The van der Waals surface area contributed by atoms with Crippen LogP contribution in [0.15, 0.2) is 36.8 Å². The largest absolute Gasteiger partial charge is 0.472 e. The topological polar surface area (TPSA) is 108 Å². The van der Waals surface area contributed by atoms with Crippen LogP contribution in [0.1, 0.15) is 37.6 Å². The zero-order chi connectivity index (χ0) is 24.0. The Hall–Kier alpha value is -3.20. The van der Waals surface area contributed by atoms with E-state index < -0.39 is 0 Å². The van der Waals surface area contributed by atoms with Crippen LogP contribution in [0.5, 0.6) is 5.88 Å². The Morgan fingerprint density at radius 1 is 1.36 bits per heavy atom. The molecular weight excluding hydrogens is 422 g/mol. The van der Waals surface area contributed by atoms with Gasteiger partial charge in [0, 0.05) is 50.2 Å². The van der Waals surface area contributed by atoms with Gasteiger partial charge in [0.2, 0.25) is 5.88 Å². The normalized spacial score (nSPS) is 19.1. The Bertz CT molecular complexity index is 955. The highest BCUT2D eigenvalue weighted by molar-refractivity contribution is 5.98. The number of fused-ring (bicyclic) bond motifs is 1.